The zero-order valence-corrected chi connectivity index (χ0v) is 15.7. The molecule has 1 saturated heterocycles. The summed E-state index contributed by atoms with van der Waals surface area (Å²) in [5.41, 5.74) is 4.39. The lowest BCUT2D eigenvalue weighted by Crippen LogP contribution is -2.38. The molecule has 0 unspecified atom stereocenters. The highest BCUT2D eigenvalue weighted by Crippen LogP contribution is 2.30. The van der Waals surface area contributed by atoms with Crippen LogP contribution < -0.4 is 4.74 Å². The number of rotatable bonds is 6. The van der Waals surface area contributed by atoms with E-state index in [1.54, 1.807) is 0 Å². The van der Waals surface area contributed by atoms with Crippen LogP contribution in [0, 0.1) is 6.92 Å². The van der Waals surface area contributed by atoms with E-state index in [0.717, 1.165) is 49.7 Å². The van der Waals surface area contributed by atoms with E-state index in [4.69, 9.17) is 14.6 Å². The largest absolute Gasteiger partial charge is 0.475 e. The standard InChI is InChI=1S/C22H25N3O2/c1-18-7-9-19(10-8-18)21-17-25(20-5-3-2-4-6-20)23-22(21)27-16-13-24-11-14-26-15-12-24/h2-10,17H,11-16H2,1H3. The summed E-state index contributed by atoms with van der Waals surface area (Å²) < 4.78 is 13.4. The first kappa shape index (κ1) is 17.8. The van der Waals surface area contributed by atoms with E-state index in [-0.39, 0.29) is 0 Å². The second kappa shape index (κ2) is 8.37. The van der Waals surface area contributed by atoms with Crippen molar-refractivity contribution in [3.8, 4) is 22.7 Å². The van der Waals surface area contributed by atoms with Crippen molar-refractivity contribution < 1.29 is 9.47 Å². The van der Waals surface area contributed by atoms with Crippen LogP contribution in [-0.4, -0.2) is 54.1 Å². The number of hydrogen-bond acceptors (Lipinski definition) is 4. The maximum atomic E-state index is 6.11. The molecular weight excluding hydrogens is 338 g/mol. The third kappa shape index (κ3) is 4.38. The van der Waals surface area contributed by atoms with E-state index in [0.29, 0.717) is 12.5 Å². The molecule has 1 aliphatic rings. The molecular formula is C22H25N3O2. The van der Waals surface area contributed by atoms with Crippen molar-refractivity contribution in [3.05, 3.63) is 66.4 Å². The van der Waals surface area contributed by atoms with Crippen LogP contribution in [-0.2, 0) is 4.74 Å². The predicted octanol–water partition coefficient (Wildman–Crippen LogP) is 3.56. The van der Waals surface area contributed by atoms with E-state index in [1.165, 1.54) is 5.56 Å². The molecule has 0 N–H and O–H groups in total. The Balaban J connectivity index is 1.56. The van der Waals surface area contributed by atoms with Crippen LogP contribution in [0.3, 0.4) is 0 Å². The Morgan fingerprint density at radius 1 is 1.00 bits per heavy atom. The van der Waals surface area contributed by atoms with Crippen LogP contribution >= 0.6 is 0 Å². The first-order chi connectivity index (χ1) is 13.3. The van der Waals surface area contributed by atoms with E-state index < -0.39 is 0 Å². The fourth-order valence-electron chi connectivity index (χ4n) is 3.21. The molecule has 3 aromatic rings. The highest BCUT2D eigenvalue weighted by Gasteiger charge is 2.15. The Morgan fingerprint density at radius 2 is 1.74 bits per heavy atom. The topological polar surface area (TPSA) is 39.5 Å². The summed E-state index contributed by atoms with van der Waals surface area (Å²) in [6.45, 7) is 7.13. The van der Waals surface area contributed by atoms with Crippen LogP contribution in [0.1, 0.15) is 5.56 Å². The van der Waals surface area contributed by atoms with E-state index in [9.17, 15) is 0 Å². The van der Waals surface area contributed by atoms with Crippen LogP contribution in [0.4, 0.5) is 0 Å². The lowest BCUT2D eigenvalue weighted by atomic mass is 10.1. The molecule has 0 bridgehead atoms. The first-order valence-electron chi connectivity index (χ1n) is 9.44. The molecule has 1 aliphatic heterocycles. The minimum Gasteiger partial charge on any atom is -0.475 e. The molecule has 0 radical (unpaired) electrons. The number of para-hydroxylation sites is 1. The Hall–Kier alpha value is -2.63. The quantitative estimate of drug-likeness (QED) is 0.671. The molecule has 0 atom stereocenters. The summed E-state index contributed by atoms with van der Waals surface area (Å²) in [4.78, 5) is 2.36. The molecule has 0 amide bonds. The van der Waals surface area contributed by atoms with Gasteiger partial charge in [-0.3, -0.25) is 4.90 Å². The molecule has 2 heterocycles. The Morgan fingerprint density at radius 3 is 2.48 bits per heavy atom. The minimum absolute atomic E-state index is 0.616. The van der Waals surface area contributed by atoms with Gasteiger partial charge in [0.25, 0.3) is 0 Å². The smallest absolute Gasteiger partial charge is 0.241 e. The SMILES string of the molecule is Cc1ccc(-c2cn(-c3ccccc3)nc2OCCN2CCOCC2)cc1. The Kier molecular flexibility index (Phi) is 5.51. The summed E-state index contributed by atoms with van der Waals surface area (Å²) in [6.07, 6.45) is 2.05. The molecule has 27 heavy (non-hydrogen) atoms. The fraction of sp³-hybridized carbons (Fsp3) is 0.318. The van der Waals surface area contributed by atoms with Crippen LogP contribution in [0.15, 0.2) is 60.8 Å². The maximum Gasteiger partial charge on any atom is 0.241 e. The van der Waals surface area contributed by atoms with Gasteiger partial charge in [-0.15, -0.1) is 5.10 Å². The van der Waals surface area contributed by atoms with Gasteiger partial charge in [-0.25, -0.2) is 4.68 Å². The summed E-state index contributed by atoms with van der Waals surface area (Å²) in [7, 11) is 0. The second-order valence-corrected chi connectivity index (χ2v) is 6.80. The van der Waals surface area contributed by atoms with Gasteiger partial charge < -0.3 is 9.47 Å². The number of aromatic nitrogens is 2. The average molecular weight is 363 g/mol. The Bertz CT molecular complexity index is 853. The molecule has 5 nitrogen and oxygen atoms in total. The van der Waals surface area contributed by atoms with E-state index in [2.05, 4.69) is 36.1 Å². The van der Waals surface area contributed by atoms with Gasteiger partial charge in [0, 0.05) is 25.8 Å². The van der Waals surface area contributed by atoms with Gasteiger partial charge in [0.2, 0.25) is 5.88 Å². The lowest BCUT2D eigenvalue weighted by molar-refractivity contribution is 0.0320. The van der Waals surface area contributed by atoms with Gasteiger partial charge in [0.1, 0.15) is 6.61 Å². The van der Waals surface area contributed by atoms with Crippen molar-refractivity contribution in [2.24, 2.45) is 0 Å². The molecule has 0 spiro atoms. The van der Waals surface area contributed by atoms with Gasteiger partial charge in [-0.1, -0.05) is 48.0 Å². The fourth-order valence-corrected chi connectivity index (χ4v) is 3.21. The van der Waals surface area contributed by atoms with Crippen molar-refractivity contribution in [2.75, 3.05) is 39.5 Å². The monoisotopic (exact) mass is 363 g/mol. The average Bonchev–Trinajstić information content (AvgIpc) is 3.14. The van der Waals surface area contributed by atoms with Gasteiger partial charge >= 0.3 is 0 Å². The third-order valence-electron chi connectivity index (χ3n) is 4.81. The van der Waals surface area contributed by atoms with Gasteiger partial charge in [0.05, 0.1) is 24.5 Å². The number of ether oxygens (including phenoxy) is 2. The van der Waals surface area contributed by atoms with Crippen molar-refractivity contribution in [2.45, 2.75) is 6.92 Å². The van der Waals surface area contributed by atoms with Gasteiger partial charge in [0.15, 0.2) is 0 Å². The molecule has 2 aromatic carbocycles. The van der Waals surface area contributed by atoms with Crippen molar-refractivity contribution in [3.63, 3.8) is 0 Å². The van der Waals surface area contributed by atoms with Gasteiger partial charge in [-0.2, -0.15) is 0 Å². The number of aryl methyl sites for hydroxylation is 1. The molecule has 0 aliphatic carbocycles. The highest BCUT2D eigenvalue weighted by atomic mass is 16.5. The van der Waals surface area contributed by atoms with E-state index in [1.807, 2.05) is 41.2 Å². The number of hydrogen-bond donors (Lipinski definition) is 0. The minimum atomic E-state index is 0.616. The predicted molar refractivity (Wildman–Crippen MR) is 106 cm³/mol. The molecule has 5 heteroatoms. The number of nitrogens with zero attached hydrogens (tertiary/aromatic N) is 3. The van der Waals surface area contributed by atoms with Crippen molar-refractivity contribution >= 4 is 0 Å². The molecule has 4 rings (SSSR count). The number of benzene rings is 2. The summed E-state index contributed by atoms with van der Waals surface area (Å²) in [5.74, 6) is 0.677. The molecule has 1 fully saturated rings. The van der Waals surface area contributed by atoms with Crippen molar-refractivity contribution in [1.29, 1.82) is 0 Å². The lowest BCUT2D eigenvalue weighted by Gasteiger charge is -2.26. The van der Waals surface area contributed by atoms with Crippen LogP contribution in [0.25, 0.3) is 16.8 Å². The van der Waals surface area contributed by atoms with Gasteiger partial charge in [-0.05, 0) is 24.6 Å². The molecule has 140 valence electrons. The second-order valence-electron chi connectivity index (χ2n) is 6.80. The molecule has 0 saturated carbocycles. The number of morpholine rings is 1. The first-order valence-corrected chi connectivity index (χ1v) is 9.44. The summed E-state index contributed by atoms with van der Waals surface area (Å²) in [6, 6.07) is 18.6. The zero-order chi connectivity index (χ0) is 18.5. The summed E-state index contributed by atoms with van der Waals surface area (Å²) >= 11 is 0. The van der Waals surface area contributed by atoms with Crippen LogP contribution in [0.5, 0.6) is 5.88 Å². The zero-order valence-electron chi connectivity index (χ0n) is 15.7. The van der Waals surface area contributed by atoms with E-state index >= 15 is 0 Å². The van der Waals surface area contributed by atoms with Crippen LogP contribution in [0.2, 0.25) is 0 Å². The van der Waals surface area contributed by atoms with Crippen molar-refractivity contribution in [1.82, 2.24) is 14.7 Å². The highest BCUT2D eigenvalue weighted by molar-refractivity contribution is 5.68. The molecule has 1 aromatic heterocycles. The normalized spacial score (nSPS) is 15.0. The Labute approximate surface area is 160 Å². The third-order valence-corrected chi connectivity index (χ3v) is 4.81. The maximum absolute atomic E-state index is 6.11. The summed E-state index contributed by atoms with van der Waals surface area (Å²) in [5, 5.41) is 4.71.